The molecule has 0 bridgehead atoms. The summed E-state index contributed by atoms with van der Waals surface area (Å²) < 4.78 is 0. The molecule has 0 spiro atoms. The Labute approximate surface area is 132 Å². The molecule has 0 radical (unpaired) electrons. The maximum atomic E-state index is 12.2. The van der Waals surface area contributed by atoms with E-state index in [9.17, 15) is 9.59 Å². The van der Waals surface area contributed by atoms with Crippen LogP contribution in [0.25, 0.3) is 0 Å². The highest BCUT2D eigenvalue weighted by atomic mass is 32.2. The number of carbonyl (C=O) groups excluding carboxylic acids is 2. The van der Waals surface area contributed by atoms with E-state index in [0.717, 1.165) is 17.9 Å². The SMILES string of the molecule is O=C1c2ccccc2C(=O)N1CCCSCc1cccs1. The second kappa shape index (κ2) is 6.45. The third-order valence-corrected chi connectivity index (χ3v) is 5.52. The van der Waals surface area contributed by atoms with E-state index in [1.165, 1.54) is 9.78 Å². The molecule has 0 aliphatic carbocycles. The van der Waals surface area contributed by atoms with E-state index in [4.69, 9.17) is 0 Å². The van der Waals surface area contributed by atoms with Crippen LogP contribution in [0, 0.1) is 0 Å². The maximum absolute atomic E-state index is 12.2. The average Bonchev–Trinajstić information content (AvgIpc) is 3.10. The van der Waals surface area contributed by atoms with Crippen molar-refractivity contribution in [2.24, 2.45) is 0 Å². The molecular weight excluding hydrogens is 302 g/mol. The fraction of sp³-hybridized carbons (Fsp3) is 0.250. The second-order valence-corrected chi connectivity index (χ2v) is 6.93. The van der Waals surface area contributed by atoms with Gasteiger partial charge in [-0.15, -0.1) is 11.3 Å². The second-order valence-electron chi connectivity index (χ2n) is 4.79. The molecule has 2 amide bonds. The molecule has 0 saturated heterocycles. The lowest BCUT2D eigenvalue weighted by Crippen LogP contribution is -2.31. The van der Waals surface area contributed by atoms with Crippen LogP contribution in [0.15, 0.2) is 41.8 Å². The Hall–Kier alpha value is -1.59. The first kappa shape index (κ1) is 14.4. The van der Waals surface area contributed by atoms with Crippen molar-refractivity contribution < 1.29 is 9.59 Å². The van der Waals surface area contributed by atoms with E-state index in [1.54, 1.807) is 35.6 Å². The van der Waals surface area contributed by atoms with E-state index < -0.39 is 0 Å². The molecular formula is C16H15NO2S2. The number of hydrogen-bond acceptors (Lipinski definition) is 4. The van der Waals surface area contributed by atoms with Crippen molar-refractivity contribution in [1.29, 1.82) is 0 Å². The highest BCUT2D eigenvalue weighted by molar-refractivity contribution is 7.98. The predicted octanol–water partition coefficient (Wildman–Crippen LogP) is 3.67. The summed E-state index contributed by atoms with van der Waals surface area (Å²) in [5.74, 6) is 1.64. The molecule has 5 heteroatoms. The molecule has 3 nitrogen and oxygen atoms in total. The molecule has 2 heterocycles. The van der Waals surface area contributed by atoms with Gasteiger partial charge in [0.2, 0.25) is 0 Å². The number of benzene rings is 1. The summed E-state index contributed by atoms with van der Waals surface area (Å²) in [6, 6.07) is 11.2. The Morgan fingerprint density at radius 3 is 2.33 bits per heavy atom. The fourth-order valence-electron chi connectivity index (χ4n) is 2.33. The number of hydrogen-bond donors (Lipinski definition) is 0. The topological polar surface area (TPSA) is 37.4 Å². The van der Waals surface area contributed by atoms with Gasteiger partial charge in [-0.2, -0.15) is 11.8 Å². The van der Waals surface area contributed by atoms with Crippen LogP contribution in [0.3, 0.4) is 0 Å². The predicted molar refractivity (Wildman–Crippen MR) is 86.9 cm³/mol. The number of imide groups is 1. The Morgan fingerprint density at radius 2 is 1.71 bits per heavy atom. The quantitative estimate of drug-likeness (QED) is 0.602. The van der Waals surface area contributed by atoms with Crippen LogP contribution in [-0.4, -0.2) is 29.0 Å². The minimum Gasteiger partial charge on any atom is -0.274 e. The van der Waals surface area contributed by atoms with Crippen molar-refractivity contribution >= 4 is 34.9 Å². The Balaban J connectivity index is 1.48. The van der Waals surface area contributed by atoms with E-state index in [0.29, 0.717) is 17.7 Å². The van der Waals surface area contributed by atoms with E-state index >= 15 is 0 Å². The molecule has 108 valence electrons. The number of thiophene rings is 1. The minimum atomic E-state index is -0.154. The summed E-state index contributed by atoms with van der Waals surface area (Å²) in [4.78, 5) is 27.0. The van der Waals surface area contributed by atoms with Crippen LogP contribution in [0.5, 0.6) is 0 Å². The molecule has 3 rings (SSSR count). The molecule has 1 aromatic heterocycles. The van der Waals surface area contributed by atoms with Crippen LogP contribution in [-0.2, 0) is 5.75 Å². The highest BCUT2D eigenvalue weighted by Gasteiger charge is 2.34. The lowest BCUT2D eigenvalue weighted by molar-refractivity contribution is 0.0655. The fourth-order valence-corrected chi connectivity index (χ4v) is 4.12. The minimum absolute atomic E-state index is 0.154. The van der Waals surface area contributed by atoms with Gasteiger partial charge >= 0.3 is 0 Å². The van der Waals surface area contributed by atoms with Crippen molar-refractivity contribution in [3.8, 4) is 0 Å². The van der Waals surface area contributed by atoms with Crippen molar-refractivity contribution in [2.45, 2.75) is 12.2 Å². The van der Waals surface area contributed by atoms with Gasteiger partial charge < -0.3 is 0 Å². The van der Waals surface area contributed by atoms with Crippen LogP contribution in [0.1, 0.15) is 32.0 Å². The number of amides is 2. The van der Waals surface area contributed by atoms with Crippen LogP contribution < -0.4 is 0 Å². The monoisotopic (exact) mass is 317 g/mol. The number of carbonyl (C=O) groups is 2. The average molecular weight is 317 g/mol. The van der Waals surface area contributed by atoms with Gasteiger partial charge in [-0.3, -0.25) is 14.5 Å². The van der Waals surface area contributed by atoms with Gasteiger partial charge in [0.25, 0.3) is 11.8 Å². The van der Waals surface area contributed by atoms with Crippen LogP contribution in [0.2, 0.25) is 0 Å². The Kier molecular flexibility index (Phi) is 4.41. The molecule has 0 atom stereocenters. The zero-order chi connectivity index (χ0) is 14.7. The summed E-state index contributed by atoms with van der Waals surface area (Å²) in [7, 11) is 0. The van der Waals surface area contributed by atoms with E-state index in [-0.39, 0.29) is 11.8 Å². The van der Waals surface area contributed by atoms with Crippen molar-refractivity contribution in [3.05, 3.63) is 57.8 Å². The van der Waals surface area contributed by atoms with Gasteiger partial charge in [-0.05, 0) is 35.8 Å². The van der Waals surface area contributed by atoms with Gasteiger partial charge in [-0.25, -0.2) is 0 Å². The molecule has 2 aromatic rings. The first-order valence-electron chi connectivity index (χ1n) is 6.83. The first-order chi connectivity index (χ1) is 10.3. The standard InChI is InChI=1S/C16H15NO2S2/c18-15-13-6-1-2-7-14(13)16(19)17(15)8-4-9-20-11-12-5-3-10-21-12/h1-3,5-7,10H,4,8-9,11H2. The van der Waals surface area contributed by atoms with Gasteiger partial charge in [-0.1, -0.05) is 18.2 Å². The molecule has 1 aliphatic rings. The van der Waals surface area contributed by atoms with Crippen molar-refractivity contribution in [2.75, 3.05) is 12.3 Å². The van der Waals surface area contributed by atoms with E-state index in [2.05, 4.69) is 17.5 Å². The van der Waals surface area contributed by atoms with Crippen molar-refractivity contribution in [1.82, 2.24) is 4.90 Å². The molecule has 0 N–H and O–H groups in total. The molecule has 21 heavy (non-hydrogen) atoms. The van der Waals surface area contributed by atoms with Gasteiger partial charge in [0, 0.05) is 17.2 Å². The lowest BCUT2D eigenvalue weighted by Gasteiger charge is -2.13. The summed E-state index contributed by atoms with van der Waals surface area (Å²) in [6.07, 6.45) is 0.835. The van der Waals surface area contributed by atoms with E-state index in [1.807, 2.05) is 11.8 Å². The molecule has 1 aliphatic heterocycles. The third-order valence-electron chi connectivity index (χ3n) is 3.37. The number of fused-ring (bicyclic) bond motifs is 1. The summed E-state index contributed by atoms with van der Waals surface area (Å²) in [5.41, 5.74) is 1.07. The summed E-state index contributed by atoms with van der Waals surface area (Å²) in [6.45, 7) is 0.504. The maximum Gasteiger partial charge on any atom is 0.261 e. The third kappa shape index (κ3) is 3.04. The molecule has 0 fully saturated rings. The van der Waals surface area contributed by atoms with Gasteiger partial charge in [0.15, 0.2) is 0 Å². The Morgan fingerprint density at radius 1 is 1.00 bits per heavy atom. The molecule has 1 aromatic carbocycles. The highest BCUT2D eigenvalue weighted by Crippen LogP contribution is 2.23. The van der Waals surface area contributed by atoms with Crippen LogP contribution in [0.4, 0.5) is 0 Å². The summed E-state index contributed by atoms with van der Waals surface area (Å²) in [5, 5.41) is 2.08. The zero-order valence-corrected chi connectivity index (χ0v) is 13.1. The van der Waals surface area contributed by atoms with Gasteiger partial charge in [0.1, 0.15) is 0 Å². The lowest BCUT2D eigenvalue weighted by atomic mass is 10.1. The van der Waals surface area contributed by atoms with Gasteiger partial charge in [0.05, 0.1) is 11.1 Å². The largest absolute Gasteiger partial charge is 0.274 e. The first-order valence-corrected chi connectivity index (χ1v) is 8.86. The number of thioether (sulfide) groups is 1. The van der Waals surface area contributed by atoms with Crippen LogP contribution >= 0.6 is 23.1 Å². The normalized spacial score (nSPS) is 13.8. The molecule has 0 saturated carbocycles. The Bertz CT molecular complexity index is 617. The smallest absolute Gasteiger partial charge is 0.261 e. The summed E-state index contributed by atoms with van der Waals surface area (Å²) >= 11 is 3.60. The molecule has 0 unspecified atom stereocenters. The van der Waals surface area contributed by atoms with Crippen molar-refractivity contribution in [3.63, 3.8) is 0 Å². The zero-order valence-electron chi connectivity index (χ0n) is 11.5. The number of rotatable bonds is 6. The number of nitrogens with zero attached hydrogens (tertiary/aromatic N) is 1.